The van der Waals surface area contributed by atoms with Crippen LogP contribution in [0.5, 0.6) is 17.2 Å². The highest BCUT2D eigenvalue weighted by Gasteiger charge is 2.15. The largest absolute Gasteiger partial charge is 0.497 e. The molecular formula is C22H25ClN2O3. The summed E-state index contributed by atoms with van der Waals surface area (Å²) in [6.45, 7) is 4.14. The summed E-state index contributed by atoms with van der Waals surface area (Å²) >= 11 is 6.69. The van der Waals surface area contributed by atoms with Gasteiger partial charge < -0.3 is 19.1 Å². The maximum atomic E-state index is 6.69. The molecule has 4 rings (SSSR count). The number of hydrogen-bond acceptors (Lipinski definition) is 5. The molecule has 0 aliphatic carbocycles. The van der Waals surface area contributed by atoms with E-state index < -0.39 is 0 Å². The van der Waals surface area contributed by atoms with Crippen molar-refractivity contribution in [1.82, 2.24) is 9.88 Å². The molecule has 6 heteroatoms. The topological polar surface area (TPSA) is 43.8 Å². The fourth-order valence-corrected chi connectivity index (χ4v) is 4.06. The number of rotatable bonds is 7. The number of likely N-dealkylation sites (tertiary alicyclic amines) is 1. The lowest BCUT2D eigenvalue weighted by Crippen LogP contribution is -2.21. The van der Waals surface area contributed by atoms with Gasteiger partial charge in [-0.1, -0.05) is 11.6 Å². The molecule has 1 fully saturated rings. The molecule has 1 aliphatic heterocycles. The number of aromatic nitrogens is 1. The minimum atomic E-state index is 0.637. The van der Waals surface area contributed by atoms with E-state index in [0.29, 0.717) is 23.1 Å². The normalized spacial score (nSPS) is 14.7. The summed E-state index contributed by atoms with van der Waals surface area (Å²) < 4.78 is 16.9. The van der Waals surface area contributed by atoms with Gasteiger partial charge in [0.1, 0.15) is 5.75 Å². The number of nitrogens with zero attached hydrogens (tertiary/aromatic N) is 2. The second-order valence-corrected chi connectivity index (χ2v) is 7.46. The molecule has 148 valence electrons. The van der Waals surface area contributed by atoms with Crippen LogP contribution in [0.3, 0.4) is 0 Å². The second-order valence-electron chi connectivity index (χ2n) is 7.08. The van der Waals surface area contributed by atoms with Crippen LogP contribution in [0.15, 0.2) is 30.3 Å². The van der Waals surface area contributed by atoms with Gasteiger partial charge in [-0.2, -0.15) is 0 Å². The Morgan fingerprint density at radius 3 is 2.50 bits per heavy atom. The third-order valence-electron chi connectivity index (χ3n) is 5.27. The van der Waals surface area contributed by atoms with Gasteiger partial charge in [-0.25, -0.2) is 4.98 Å². The summed E-state index contributed by atoms with van der Waals surface area (Å²) in [7, 11) is 3.28. The van der Waals surface area contributed by atoms with Crippen LogP contribution in [-0.2, 0) is 0 Å². The standard InChI is InChI=1S/C22H25ClN2O3/c1-26-15-6-7-18-16(12-15)22(23)17-13-20(27-2)21(14-19(17)24-18)28-11-5-10-25-8-3-4-9-25/h6-7,12-14H,3-5,8-11H2,1-2H3. The first-order valence-electron chi connectivity index (χ1n) is 9.70. The summed E-state index contributed by atoms with van der Waals surface area (Å²) in [5.74, 6) is 2.12. The van der Waals surface area contributed by atoms with Crippen LogP contribution in [0, 0.1) is 0 Å². The fraction of sp³-hybridized carbons (Fsp3) is 0.409. The van der Waals surface area contributed by atoms with Gasteiger partial charge >= 0.3 is 0 Å². The van der Waals surface area contributed by atoms with Crippen LogP contribution in [-0.4, -0.2) is 50.3 Å². The lowest BCUT2D eigenvalue weighted by molar-refractivity contribution is 0.254. The van der Waals surface area contributed by atoms with Crippen molar-refractivity contribution in [2.24, 2.45) is 0 Å². The van der Waals surface area contributed by atoms with Crippen LogP contribution in [0.1, 0.15) is 19.3 Å². The molecule has 2 aromatic carbocycles. The van der Waals surface area contributed by atoms with Gasteiger partial charge in [0.15, 0.2) is 11.5 Å². The molecule has 0 atom stereocenters. The SMILES string of the molecule is COc1ccc2nc3cc(OCCCN4CCCC4)c(OC)cc3c(Cl)c2c1. The number of ether oxygens (including phenoxy) is 3. The van der Waals surface area contributed by atoms with E-state index in [4.69, 9.17) is 30.8 Å². The van der Waals surface area contributed by atoms with Crippen molar-refractivity contribution < 1.29 is 14.2 Å². The molecule has 3 aromatic rings. The Morgan fingerprint density at radius 2 is 1.75 bits per heavy atom. The molecule has 0 unspecified atom stereocenters. The molecule has 2 heterocycles. The number of methoxy groups -OCH3 is 2. The first-order chi connectivity index (χ1) is 13.7. The van der Waals surface area contributed by atoms with E-state index in [9.17, 15) is 0 Å². The van der Waals surface area contributed by atoms with E-state index in [1.165, 1.54) is 25.9 Å². The quantitative estimate of drug-likeness (QED) is 0.416. The summed E-state index contributed by atoms with van der Waals surface area (Å²) in [5.41, 5.74) is 1.61. The molecule has 0 N–H and O–H groups in total. The Labute approximate surface area is 170 Å². The smallest absolute Gasteiger partial charge is 0.163 e. The van der Waals surface area contributed by atoms with Crippen molar-refractivity contribution in [3.8, 4) is 17.2 Å². The zero-order chi connectivity index (χ0) is 19.5. The molecule has 28 heavy (non-hydrogen) atoms. The molecule has 1 saturated heterocycles. The van der Waals surface area contributed by atoms with Crippen molar-refractivity contribution in [2.45, 2.75) is 19.3 Å². The molecule has 5 nitrogen and oxygen atoms in total. The Morgan fingerprint density at radius 1 is 0.964 bits per heavy atom. The van der Waals surface area contributed by atoms with Crippen LogP contribution in [0.2, 0.25) is 5.02 Å². The summed E-state index contributed by atoms with van der Waals surface area (Å²) in [6, 6.07) is 9.52. The maximum Gasteiger partial charge on any atom is 0.163 e. The number of pyridine rings is 1. The number of halogens is 1. The van der Waals surface area contributed by atoms with E-state index in [-0.39, 0.29) is 0 Å². The minimum absolute atomic E-state index is 0.637. The average Bonchev–Trinajstić information content (AvgIpc) is 3.24. The van der Waals surface area contributed by atoms with Crippen molar-refractivity contribution in [3.05, 3.63) is 35.4 Å². The zero-order valence-electron chi connectivity index (χ0n) is 16.3. The minimum Gasteiger partial charge on any atom is -0.497 e. The van der Waals surface area contributed by atoms with Gasteiger partial charge in [-0.3, -0.25) is 0 Å². The highest BCUT2D eigenvalue weighted by molar-refractivity contribution is 6.40. The van der Waals surface area contributed by atoms with Crippen LogP contribution < -0.4 is 14.2 Å². The summed E-state index contributed by atoms with van der Waals surface area (Å²) in [6.07, 6.45) is 3.62. The maximum absolute atomic E-state index is 6.69. The van der Waals surface area contributed by atoms with Gasteiger partial charge in [-0.05, 0) is 56.6 Å². The molecule has 1 aliphatic rings. The number of benzene rings is 2. The predicted octanol–water partition coefficient (Wildman–Crippen LogP) is 4.92. The summed E-state index contributed by atoms with van der Waals surface area (Å²) in [4.78, 5) is 7.25. The Hall–Kier alpha value is -2.24. The molecule has 0 saturated carbocycles. The summed E-state index contributed by atoms with van der Waals surface area (Å²) in [5, 5.41) is 2.33. The first kappa shape index (κ1) is 19.1. The van der Waals surface area contributed by atoms with Crippen molar-refractivity contribution >= 4 is 33.4 Å². The fourth-order valence-electron chi connectivity index (χ4n) is 3.76. The van der Waals surface area contributed by atoms with Crippen molar-refractivity contribution in [3.63, 3.8) is 0 Å². The Bertz CT molecular complexity index is 987. The third kappa shape index (κ3) is 3.82. The Balaban J connectivity index is 1.60. The first-order valence-corrected chi connectivity index (χ1v) is 10.1. The third-order valence-corrected chi connectivity index (χ3v) is 5.68. The zero-order valence-corrected chi connectivity index (χ0v) is 17.1. The van der Waals surface area contributed by atoms with Crippen LogP contribution >= 0.6 is 11.6 Å². The molecule has 0 bridgehead atoms. The molecule has 0 spiro atoms. The molecule has 0 radical (unpaired) electrons. The van der Waals surface area contributed by atoms with E-state index >= 15 is 0 Å². The molecular weight excluding hydrogens is 376 g/mol. The van der Waals surface area contributed by atoms with E-state index in [0.717, 1.165) is 40.5 Å². The highest BCUT2D eigenvalue weighted by Crippen LogP contribution is 2.38. The molecule has 0 amide bonds. The number of hydrogen-bond donors (Lipinski definition) is 0. The Kier molecular flexibility index (Phi) is 5.74. The van der Waals surface area contributed by atoms with Crippen molar-refractivity contribution in [2.75, 3.05) is 40.5 Å². The van der Waals surface area contributed by atoms with Crippen LogP contribution in [0.4, 0.5) is 0 Å². The van der Waals surface area contributed by atoms with E-state index in [1.54, 1.807) is 14.2 Å². The van der Waals surface area contributed by atoms with Gasteiger partial charge in [0.05, 0.1) is 36.9 Å². The van der Waals surface area contributed by atoms with Gasteiger partial charge in [0, 0.05) is 23.4 Å². The monoisotopic (exact) mass is 400 g/mol. The second kappa shape index (κ2) is 8.41. The molecule has 1 aromatic heterocycles. The van der Waals surface area contributed by atoms with Crippen molar-refractivity contribution in [1.29, 1.82) is 0 Å². The van der Waals surface area contributed by atoms with Crippen LogP contribution in [0.25, 0.3) is 21.8 Å². The van der Waals surface area contributed by atoms with Gasteiger partial charge in [-0.15, -0.1) is 0 Å². The van der Waals surface area contributed by atoms with E-state index in [2.05, 4.69) is 4.90 Å². The lowest BCUT2D eigenvalue weighted by atomic mass is 10.1. The average molecular weight is 401 g/mol. The predicted molar refractivity (Wildman–Crippen MR) is 113 cm³/mol. The van der Waals surface area contributed by atoms with Gasteiger partial charge in [0.2, 0.25) is 0 Å². The highest BCUT2D eigenvalue weighted by atomic mass is 35.5. The van der Waals surface area contributed by atoms with Gasteiger partial charge in [0.25, 0.3) is 0 Å². The lowest BCUT2D eigenvalue weighted by Gasteiger charge is -2.16. The number of fused-ring (bicyclic) bond motifs is 2. The van der Waals surface area contributed by atoms with E-state index in [1.807, 2.05) is 30.3 Å².